The number of fused-ring (bicyclic) bond motifs is 2. The molecule has 5 heteroatoms. The van der Waals surface area contributed by atoms with Crippen LogP contribution >= 0.6 is 35.0 Å². The molecule has 1 heterocycles. The highest BCUT2D eigenvalue weighted by atomic mass is 35.5. The Kier molecular flexibility index (Phi) is 7.76. The molecule has 0 unspecified atom stereocenters. The third-order valence-corrected chi connectivity index (χ3v) is 5.38. The molecule has 1 N–H and O–H groups in total. The van der Waals surface area contributed by atoms with Crippen molar-refractivity contribution in [1.82, 2.24) is 5.32 Å². The van der Waals surface area contributed by atoms with Crippen LogP contribution in [0.25, 0.3) is 0 Å². The van der Waals surface area contributed by atoms with E-state index >= 15 is 0 Å². The van der Waals surface area contributed by atoms with E-state index in [1.165, 1.54) is 37.2 Å². The van der Waals surface area contributed by atoms with E-state index in [1.54, 1.807) is 11.8 Å². The first-order valence-corrected chi connectivity index (χ1v) is 9.79. The smallest absolute Gasteiger partial charge is 0.0551 e. The molecule has 0 atom stereocenters. The maximum absolute atomic E-state index is 6.02. The van der Waals surface area contributed by atoms with Gasteiger partial charge >= 0.3 is 0 Å². The van der Waals surface area contributed by atoms with Crippen LogP contribution in [0.5, 0.6) is 0 Å². The SMILES string of the molecule is CCCCCNC.CN1c2ccc(Cl)cc2Sc2cc(Cl)ccc21. The quantitative estimate of drug-likeness (QED) is 0.597. The molecular weight excluding hydrogens is 359 g/mol. The lowest BCUT2D eigenvalue weighted by atomic mass is 10.2. The molecule has 1 aliphatic heterocycles. The van der Waals surface area contributed by atoms with Gasteiger partial charge in [-0.15, -0.1) is 0 Å². The van der Waals surface area contributed by atoms with Crippen LogP contribution in [0.15, 0.2) is 46.2 Å². The summed E-state index contributed by atoms with van der Waals surface area (Å²) >= 11 is 13.8. The molecule has 0 aromatic heterocycles. The Bertz CT molecular complexity index is 621. The molecular formula is C19H24Cl2N2S. The Morgan fingerprint density at radius 2 is 1.50 bits per heavy atom. The average molecular weight is 383 g/mol. The number of nitrogens with zero attached hydrogens (tertiary/aromatic N) is 1. The molecule has 0 radical (unpaired) electrons. The van der Waals surface area contributed by atoms with Gasteiger partial charge in [-0.05, 0) is 56.4 Å². The van der Waals surface area contributed by atoms with Crippen LogP contribution in [-0.4, -0.2) is 20.6 Å². The Hall–Kier alpha value is -0.870. The number of unbranched alkanes of at least 4 members (excludes halogenated alkanes) is 2. The minimum atomic E-state index is 0.759. The number of benzene rings is 2. The number of hydrogen-bond acceptors (Lipinski definition) is 3. The predicted octanol–water partition coefficient (Wildman–Crippen LogP) is 6.62. The van der Waals surface area contributed by atoms with Crippen LogP contribution in [0.2, 0.25) is 10.0 Å². The van der Waals surface area contributed by atoms with Crippen LogP contribution < -0.4 is 10.2 Å². The molecule has 0 saturated carbocycles. The van der Waals surface area contributed by atoms with Crippen molar-refractivity contribution >= 4 is 46.3 Å². The number of rotatable bonds is 4. The van der Waals surface area contributed by atoms with Gasteiger partial charge in [0.2, 0.25) is 0 Å². The summed E-state index contributed by atoms with van der Waals surface area (Å²) in [5.41, 5.74) is 2.35. The van der Waals surface area contributed by atoms with Crippen molar-refractivity contribution in [3.8, 4) is 0 Å². The zero-order chi connectivity index (χ0) is 17.5. The third kappa shape index (κ3) is 5.06. The first-order valence-electron chi connectivity index (χ1n) is 8.22. The fraction of sp³-hybridized carbons (Fsp3) is 0.368. The minimum absolute atomic E-state index is 0.759. The van der Waals surface area contributed by atoms with Gasteiger partial charge in [0.05, 0.1) is 11.4 Å². The standard InChI is InChI=1S/C13H9Cl2NS.C6H15N/c1-16-10-4-2-8(14)6-12(10)17-13-7-9(15)3-5-11(13)16;1-3-4-5-6-7-2/h2-7H,1H3;7H,3-6H2,1-2H3. The number of anilines is 2. The Labute approximate surface area is 159 Å². The van der Waals surface area contributed by atoms with E-state index in [0.29, 0.717) is 0 Å². The molecule has 0 saturated heterocycles. The highest BCUT2D eigenvalue weighted by molar-refractivity contribution is 7.99. The molecule has 2 nitrogen and oxygen atoms in total. The predicted molar refractivity (Wildman–Crippen MR) is 109 cm³/mol. The van der Waals surface area contributed by atoms with Gasteiger partial charge in [0.15, 0.2) is 0 Å². The average Bonchev–Trinajstić information content (AvgIpc) is 2.55. The van der Waals surface area contributed by atoms with Gasteiger partial charge in [-0.3, -0.25) is 0 Å². The molecule has 0 spiro atoms. The van der Waals surface area contributed by atoms with Crippen LogP contribution in [0.1, 0.15) is 26.2 Å². The van der Waals surface area contributed by atoms with Crippen molar-refractivity contribution in [1.29, 1.82) is 0 Å². The van der Waals surface area contributed by atoms with E-state index < -0.39 is 0 Å². The van der Waals surface area contributed by atoms with Crippen molar-refractivity contribution in [2.45, 2.75) is 36.0 Å². The zero-order valence-electron chi connectivity index (χ0n) is 14.4. The van der Waals surface area contributed by atoms with Crippen LogP contribution in [0, 0.1) is 0 Å². The summed E-state index contributed by atoms with van der Waals surface area (Å²) in [5, 5.41) is 4.62. The highest BCUT2D eigenvalue weighted by Crippen LogP contribution is 2.48. The van der Waals surface area contributed by atoms with Gasteiger partial charge in [0.1, 0.15) is 0 Å². The molecule has 2 aromatic rings. The number of halogens is 2. The second-order valence-corrected chi connectivity index (χ2v) is 7.65. The largest absolute Gasteiger partial charge is 0.343 e. The molecule has 2 aromatic carbocycles. The van der Waals surface area contributed by atoms with Gasteiger partial charge in [0.25, 0.3) is 0 Å². The minimum Gasteiger partial charge on any atom is -0.343 e. The van der Waals surface area contributed by atoms with Gasteiger partial charge < -0.3 is 10.2 Å². The monoisotopic (exact) mass is 382 g/mol. The molecule has 0 aliphatic carbocycles. The Balaban J connectivity index is 0.000000256. The van der Waals surface area contributed by atoms with Gasteiger partial charge in [-0.2, -0.15) is 0 Å². The molecule has 24 heavy (non-hydrogen) atoms. The van der Waals surface area contributed by atoms with Gasteiger partial charge in [-0.25, -0.2) is 0 Å². The summed E-state index contributed by atoms with van der Waals surface area (Å²) in [4.78, 5) is 4.48. The first-order chi connectivity index (χ1) is 11.6. The zero-order valence-corrected chi connectivity index (χ0v) is 16.7. The Morgan fingerprint density at radius 1 is 0.958 bits per heavy atom. The normalized spacial score (nSPS) is 12.1. The summed E-state index contributed by atoms with van der Waals surface area (Å²) < 4.78 is 0. The summed E-state index contributed by atoms with van der Waals surface area (Å²) in [6.07, 6.45) is 4.01. The summed E-state index contributed by atoms with van der Waals surface area (Å²) in [6, 6.07) is 11.9. The molecule has 1 aliphatic rings. The highest BCUT2D eigenvalue weighted by Gasteiger charge is 2.20. The van der Waals surface area contributed by atoms with E-state index in [4.69, 9.17) is 23.2 Å². The van der Waals surface area contributed by atoms with E-state index in [0.717, 1.165) is 19.8 Å². The van der Waals surface area contributed by atoms with E-state index in [-0.39, 0.29) is 0 Å². The van der Waals surface area contributed by atoms with Crippen molar-refractivity contribution in [3.05, 3.63) is 46.4 Å². The molecule has 3 rings (SSSR count). The summed E-state index contributed by atoms with van der Waals surface area (Å²) in [5.74, 6) is 0. The maximum Gasteiger partial charge on any atom is 0.0551 e. The third-order valence-electron chi connectivity index (χ3n) is 3.82. The second kappa shape index (κ2) is 9.57. The molecule has 0 fully saturated rings. The van der Waals surface area contributed by atoms with Crippen molar-refractivity contribution < 1.29 is 0 Å². The van der Waals surface area contributed by atoms with E-state index in [1.807, 2.05) is 43.4 Å². The lowest BCUT2D eigenvalue weighted by molar-refractivity contribution is 0.667. The fourth-order valence-electron chi connectivity index (χ4n) is 2.49. The maximum atomic E-state index is 6.02. The van der Waals surface area contributed by atoms with Gasteiger partial charge in [0, 0.05) is 26.9 Å². The summed E-state index contributed by atoms with van der Waals surface area (Å²) in [6.45, 7) is 3.39. The van der Waals surface area contributed by atoms with Crippen LogP contribution in [0.3, 0.4) is 0 Å². The Morgan fingerprint density at radius 3 is 1.96 bits per heavy atom. The lowest BCUT2D eigenvalue weighted by Crippen LogP contribution is -2.14. The van der Waals surface area contributed by atoms with Crippen LogP contribution in [-0.2, 0) is 0 Å². The van der Waals surface area contributed by atoms with Crippen molar-refractivity contribution in [2.75, 3.05) is 25.5 Å². The number of nitrogens with one attached hydrogen (secondary N) is 1. The van der Waals surface area contributed by atoms with E-state index in [9.17, 15) is 0 Å². The van der Waals surface area contributed by atoms with Crippen molar-refractivity contribution in [3.63, 3.8) is 0 Å². The molecule has 0 bridgehead atoms. The number of hydrogen-bond donors (Lipinski definition) is 1. The fourth-order valence-corrected chi connectivity index (χ4v) is 4.20. The molecule has 0 amide bonds. The lowest BCUT2D eigenvalue weighted by Gasteiger charge is -2.29. The van der Waals surface area contributed by atoms with E-state index in [2.05, 4.69) is 24.2 Å². The van der Waals surface area contributed by atoms with Gasteiger partial charge in [-0.1, -0.05) is 54.7 Å². The topological polar surface area (TPSA) is 15.3 Å². The summed E-state index contributed by atoms with van der Waals surface area (Å²) in [7, 11) is 4.05. The van der Waals surface area contributed by atoms with Crippen molar-refractivity contribution in [2.24, 2.45) is 0 Å². The van der Waals surface area contributed by atoms with Crippen LogP contribution in [0.4, 0.5) is 11.4 Å². The molecule has 130 valence electrons. The first kappa shape index (κ1) is 19.5. The second-order valence-electron chi connectivity index (χ2n) is 5.70.